The van der Waals surface area contributed by atoms with E-state index in [4.69, 9.17) is 19.7 Å². The van der Waals surface area contributed by atoms with Crippen molar-refractivity contribution in [3.63, 3.8) is 0 Å². The summed E-state index contributed by atoms with van der Waals surface area (Å²) < 4.78 is 15.8. The van der Waals surface area contributed by atoms with Crippen molar-refractivity contribution >= 4 is 12.1 Å². The molecule has 1 amide bonds. The molecule has 1 heterocycles. The molecular formula is C18H30N4O8. The van der Waals surface area contributed by atoms with Gasteiger partial charge in [-0.2, -0.15) is 0 Å². The first-order chi connectivity index (χ1) is 13.9. The summed E-state index contributed by atoms with van der Waals surface area (Å²) in [6, 6.07) is -1.25. The van der Waals surface area contributed by atoms with E-state index in [1.165, 1.54) is 6.08 Å². The van der Waals surface area contributed by atoms with Crippen LogP contribution in [0.5, 0.6) is 0 Å². The average molecular weight is 430 g/mol. The highest BCUT2D eigenvalue weighted by atomic mass is 16.6. The summed E-state index contributed by atoms with van der Waals surface area (Å²) in [6.07, 6.45) is -6.04. The zero-order valence-corrected chi connectivity index (χ0v) is 17.5. The Balaban J connectivity index is 3.27. The number of methoxy groups -OCH3 is 1. The molecule has 0 unspecified atom stereocenters. The lowest BCUT2D eigenvalue weighted by atomic mass is 9.82. The Labute approximate surface area is 174 Å². The fourth-order valence-electron chi connectivity index (χ4n) is 3.18. The van der Waals surface area contributed by atoms with E-state index in [2.05, 4.69) is 21.9 Å². The molecule has 30 heavy (non-hydrogen) atoms. The number of carbonyl (C=O) groups excluding carboxylic acids is 2. The molecule has 12 heteroatoms. The van der Waals surface area contributed by atoms with Crippen molar-refractivity contribution in [3.05, 3.63) is 23.1 Å². The molecule has 0 aliphatic carbocycles. The van der Waals surface area contributed by atoms with Crippen molar-refractivity contribution in [3.8, 4) is 0 Å². The zero-order valence-electron chi connectivity index (χ0n) is 17.5. The molecule has 6 atom stereocenters. The molecule has 0 bridgehead atoms. The maximum atomic E-state index is 12.4. The lowest BCUT2D eigenvalue weighted by molar-refractivity contribution is -0.227. The molecule has 0 aromatic rings. The normalized spacial score (nSPS) is 28.4. The zero-order chi connectivity index (χ0) is 23.1. The number of aliphatic hydroxyl groups excluding tert-OH is 3. The van der Waals surface area contributed by atoms with Crippen molar-refractivity contribution in [1.82, 2.24) is 5.32 Å². The van der Waals surface area contributed by atoms with Gasteiger partial charge >= 0.3 is 12.1 Å². The number of ether oxygens (including phenoxy) is 3. The largest absolute Gasteiger partial charge is 0.467 e. The molecule has 1 saturated heterocycles. The van der Waals surface area contributed by atoms with Gasteiger partial charge in [0, 0.05) is 17.8 Å². The Bertz CT molecular complexity index is 676. The van der Waals surface area contributed by atoms with E-state index in [1.807, 2.05) is 0 Å². The number of rotatable bonds is 8. The van der Waals surface area contributed by atoms with Crippen LogP contribution in [0.2, 0.25) is 0 Å². The molecule has 0 saturated carbocycles. The van der Waals surface area contributed by atoms with Gasteiger partial charge in [0.1, 0.15) is 17.8 Å². The fourth-order valence-corrected chi connectivity index (χ4v) is 3.18. The third-order valence-electron chi connectivity index (χ3n) is 4.45. The standard InChI is InChI=1S/C18H30N4O8/c1-6-7-18(15(26)28-5)8-10(23)12(21-16(27)30-17(2,3)4)14(29-18)13(25)11(24)9-20-22-19/h6,10-14,23-25H,1,7-9H2,2-5H3,(H,21,27)/t10-,11+,12+,13+,14+,18+/m0/s1. The molecular weight excluding hydrogens is 400 g/mol. The smallest absolute Gasteiger partial charge is 0.408 e. The van der Waals surface area contributed by atoms with Gasteiger partial charge in [-0.1, -0.05) is 11.2 Å². The number of alkyl carbamates (subject to hydrolysis) is 1. The first-order valence-electron chi connectivity index (χ1n) is 9.32. The maximum absolute atomic E-state index is 12.4. The van der Waals surface area contributed by atoms with Crippen LogP contribution < -0.4 is 5.32 Å². The second-order valence-corrected chi connectivity index (χ2v) is 7.98. The number of nitrogens with zero attached hydrogens (tertiary/aromatic N) is 3. The lowest BCUT2D eigenvalue weighted by Crippen LogP contribution is -2.67. The van der Waals surface area contributed by atoms with Gasteiger partial charge in [0.2, 0.25) is 0 Å². The average Bonchev–Trinajstić information content (AvgIpc) is 2.65. The van der Waals surface area contributed by atoms with E-state index >= 15 is 0 Å². The Morgan fingerprint density at radius 2 is 2.10 bits per heavy atom. The van der Waals surface area contributed by atoms with Gasteiger partial charge in [-0.05, 0) is 26.3 Å². The fraction of sp³-hybridized carbons (Fsp3) is 0.778. The summed E-state index contributed by atoms with van der Waals surface area (Å²) in [5, 5.41) is 37.1. The number of nitrogens with one attached hydrogen (secondary N) is 1. The number of amides is 1. The number of carbonyl (C=O) groups is 2. The van der Waals surface area contributed by atoms with Crippen LogP contribution >= 0.6 is 0 Å². The van der Waals surface area contributed by atoms with Gasteiger partial charge in [-0.15, -0.1) is 6.58 Å². The van der Waals surface area contributed by atoms with E-state index in [1.54, 1.807) is 20.8 Å². The summed E-state index contributed by atoms with van der Waals surface area (Å²) in [7, 11) is 1.13. The first kappa shape index (κ1) is 25.7. The molecule has 0 spiro atoms. The van der Waals surface area contributed by atoms with Crippen molar-refractivity contribution in [2.45, 2.75) is 75.3 Å². The third kappa shape index (κ3) is 6.57. The molecule has 0 aromatic carbocycles. The molecule has 1 fully saturated rings. The molecule has 1 rings (SSSR count). The van der Waals surface area contributed by atoms with E-state index in [0.717, 1.165) is 7.11 Å². The highest BCUT2D eigenvalue weighted by molar-refractivity contribution is 5.80. The highest BCUT2D eigenvalue weighted by Gasteiger charge is 2.54. The van der Waals surface area contributed by atoms with Crippen molar-refractivity contribution in [1.29, 1.82) is 0 Å². The first-order valence-corrected chi connectivity index (χ1v) is 9.32. The van der Waals surface area contributed by atoms with E-state index in [9.17, 15) is 24.9 Å². The highest BCUT2D eigenvalue weighted by Crippen LogP contribution is 2.36. The molecule has 12 nitrogen and oxygen atoms in total. The molecule has 0 aromatic heterocycles. The summed E-state index contributed by atoms with van der Waals surface area (Å²) in [5.41, 5.74) is 5.90. The van der Waals surface area contributed by atoms with E-state index in [0.29, 0.717) is 0 Å². The summed E-state index contributed by atoms with van der Waals surface area (Å²) in [5.74, 6) is -0.820. The minimum absolute atomic E-state index is 0.0639. The van der Waals surface area contributed by atoms with Gasteiger partial charge in [0.25, 0.3) is 0 Å². The minimum Gasteiger partial charge on any atom is -0.467 e. The van der Waals surface area contributed by atoms with Crippen LogP contribution in [-0.2, 0) is 19.0 Å². The van der Waals surface area contributed by atoms with Crippen molar-refractivity contribution in [2.75, 3.05) is 13.7 Å². The minimum atomic E-state index is -1.74. The Morgan fingerprint density at radius 1 is 1.47 bits per heavy atom. The molecule has 1 aliphatic heterocycles. The van der Waals surface area contributed by atoms with Crippen molar-refractivity contribution < 1.29 is 39.1 Å². The second kappa shape index (κ2) is 10.6. The Kier molecular flexibility index (Phi) is 9.07. The number of hydrogen-bond donors (Lipinski definition) is 4. The molecule has 170 valence electrons. The Hall–Kier alpha value is -2.37. The topological polar surface area (TPSA) is 183 Å². The third-order valence-corrected chi connectivity index (χ3v) is 4.45. The Morgan fingerprint density at radius 3 is 2.60 bits per heavy atom. The molecule has 1 aliphatic rings. The van der Waals surface area contributed by atoms with Crippen LogP contribution in [0.15, 0.2) is 17.8 Å². The number of esters is 1. The van der Waals surface area contributed by atoms with Crippen LogP contribution in [0.3, 0.4) is 0 Å². The van der Waals surface area contributed by atoms with E-state index in [-0.39, 0.29) is 12.8 Å². The van der Waals surface area contributed by atoms with Crippen LogP contribution in [0.1, 0.15) is 33.6 Å². The summed E-state index contributed by atoms with van der Waals surface area (Å²) in [4.78, 5) is 27.2. The van der Waals surface area contributed by atoms with Gasteiger partial charge in [0.05, 0.1) is 31.9 Å². The molecule has 0 radical (unpaired) electrons. The van der Waals surface area contributed by atoms with Crippen LogP contribution in [0, 0.1) is 0 Å². The number of hydrogen-bond acceptors (Lipinski definition) is 9. The van der Waals surface area contributed by atoms with E-state index < -0.39 is 60.3 Å². The van der Waals surface area contributed by atoms with Gasteiger partial charge in [-0.3, -0.25) is 0 Å². The second-order valence-electron chi connectivity index (χ2n) is 7.98. The number of azide groups is 1. The maximum Gasteiger partial charge on any atom is 0.408 e. The summed E-state index contributed by atoms with van der Waals surface area (Å²) in [6.45, 7) is 7.99. The predicted molar refractivity (Wildman–Crippen MR) is 104 cm³/mol. The quantitative estimate of drug-likeness (QED) is 0.141. The predicted octanol–water partition coefficient (Wildman–Crippen LogP) is 0.550. The number of aliphatic hydroxyl groups is 3. The molecule has 4 N–H and O–H groups in total. The summed E-state index contributed by atoms with van der Waals surface area (Å²) >= 11 is 0. The van der Waals surface area contributed by atoms with Gasteiger partial charge < -0.3 is 34.8 Å². The van der Waals surface area contributed by atoms with Gasteiger partial charge in [0.15, 0.2) is 5.60 Å². The van der Waals surface area contributed by atoms with Crippen molar-refractivity contribution in [2.24, 2.45) is 5.11 Å². The van der Waals surface area contributed by atoms with Gasteiger partial charge in [-0.25, -0.2) is 9.59 Å². The monoisotopic (exact) mass is 430 g/mol. The lowest BCUT2D eigenvalue weighted by Gasteiger charge is -2.47. The van der Waals surface area contributed by atoms with Crippen LogP contribution in [-0.4, -0.2) is 82.7 Å². The SMILES string of the molecule is C=CC[C@]1(C(=O)OC)C[C@H](O)[C@@H](NC(=O)OC(C)(C)C)[C@H]([C@H](O)[C@H](O)CN=[N+]=[N-])O1. The van der Waals surface area contributed by atoms with Crippen LogP contribution in [0.4, 0.5) is 4.79 Å². The van der Waals surface area contributed by atoms with Crippen LogP contribution in [0.25, 0.3) is 10.4 Å².